The van der Waals surface area contributed by atoms with Crippen LogP contribution in [0.5, 0.6) is 0 Å². The fraction of sp³-hybridized carbons (Fsp3) is 0.417. The first-order chi connectivity index (χ1) is 8.86. The highest BCUT2D eigenvalue weighted by Crippen LogP contribution is 2.18. The van der Waals surface area contributed by atoms with Gasteiger partial charge in [-0.2, -0.15) is 0 Å². The summed E-state index contributed by atoms with van der Waals surface area (Å²) in [4.78, 5) is 29.3. The highest BCUT2D eigenvalue weighted by atomic mass is 79.9. The van der Waals surface area contributed by atoms with Gasteiger partial charge >= 0.3 is 0 Å². The lowest BCUT2D eigenvalue weighted by molar-refractivity contribution is -0.131. The Bertz CT molecular complexity index is 496. The van der Waals surface area contributed by atoms with Crippen LogP contribution in [0.4, 0.5) is 0 Å². The summed E-state index contributed by atoms with van der Waals surface area (Å²) in [6.45, 7) is 4.07. The minimum absolute atomic E-state index is 0.101. The van der Waals surface area contributed by atoms with E-state index in [1.165, 1.54) is 11.1 Å². The molecule has 0 aromatic carbocycles. The van der Waals surface area contributed by atoms with Gasteiger partial charge in [0.15, 0.2) is 0 Å². The Morgan fingerprint density at radius 2 is 2.21 bits per heavy atom. The second kappa shape index (κ2) is 6.86. The molecule has 0 aliphatic carbocycles. The van der Waals surface area contributed by atoms with Crippen LogP contribution in [0, 0.1) is 0 Å². The highest BCUT2D eigenvalue weighted by Gasteiger charge is 2.20. The van der Waals surface area contributed by atoms with Crippen LogP contribution in [-0.2, 0) is 4.79 Å². The molecule has 1 N–H and O–H groups in total. The van der Waals surface area contributed by atoms with E-state index in [-0.39, 0.29) is 16.6 Å². The average molecular weight is 349 g/mol. The molecule has 5 nitrogen and oxygen atoms in total. The number of nitrogens with zero attached hydrogens (tertiary/aromatic N) is 2. The van der Waals surface area contributed by atoms with Crippen molar-refractivity contribution < 1.29 is 9.59 Å². The molecular weight excluding hydrogens is 334 g/mol. The van der Waals surface area contributed by atoms with E-state index in [1.807, 2.05) is 6.92 Å². The molecule has 104 valence electrons. The second-order valence-electron chi connectivity index (χ2n) is 4.04. The summed E-state index contributed by atoms with van der Waals surface area (Å²) >= 11 is 9.07. The number of hydrogen-bond acceptors (Lipinski definition) is 3. The first-order valence-corrected chi connectivity index (χ1v) is 6.90. The van der Waals surface area contributed by atoms with E-state index in [2.05, 4.69) is 26.2 Å². The van der Waals surface area contributed by atoms with Crippen LogP contribution < -0.4 is 5.32 Å². The Hall–Kier alpha value is -1.14. The number of aromatic nitrogens is 1. The molecule has 19 heavy (non-hydrogen) atoms. The van der Waals surface area contributed by atoms with E-state index in [4.69, 9.17) is 11.6 Å². The van der Waals surface area contributed by atoms with Gasteiger partial charge in [0, 0.05) is 24.3 Å². The highest BCUT2D eigenvalue weighted by molar-refractivity contribution is 9.10. The Balaban J connectivity index is 2.80. The number of rotatable bonds is 4. The summed E-state index contributed by atoms with van der Waals surface area (Å²) in [5, 5.41) is 2.70. The summed E-state index contributed by atoms with van der Waals surface area (Å²) < 4.78 is 0.645. The van der Waals surface area contributed by atoms with Crippen molar-refractivity contribution in [2.75, 3.05) is 13.6 Å². The number of likely N-dealkylation sites (N-methyl/N-ethyl adjacent to an activating group) is 1. The number of halogens is 2. The standard InChI is InChI=1S/C12H15BrClN3O2/c1-4-17(3)12(19)7(2)16-11(18)9-5-8(13)6-15-10(9)14/h5-7H,4H2,1-3H3,(H,16,18). The Morgan fingerprint density at radius 1 is 1.58 bits per heavy atom. The summed E-state index contributed by atoms with van der Waals surface area (Å²) in [6, 6.07) is 0.943. The first kappa shape index (κ1) is 15.9. The molecule has 0 spiro atoms. The minimum atomic E-state index is -0.618. The molecule has 1 unspecified atom stereocenters. The van der Waals surface area contributed by atoms with Gasteiger partial charge in [-0.05, 0) is 35.8 Å². The molecule has 7 heteroatoms. The van der Waals surface area contributed by atoms with Gasteiger partial charge in [-0.3, -0.25) is 9.59 Å². The van der Waals surface area contributed by atoms with Crippen molar-refractivity contribution in [1.29, 1.82) is 0 Å². The lowest BCUT2D eigenvalue weighted by Crippen LogP contribution is -2.45. The third-order valence-electron chi connectivity index (χ3n) is 2.62. The molecule has 1 heterocycles. The van der Waals surface area contributed by atoms with Crippen molar-refractivity contribution in [3.8, 4) is 0 Å². The molecule has 0 aliphatic rings. The van der Waals surface area contributed by atoms with Crippen LogP contribution in [0.15, 0.2) is 16.7 Å². The van der Waals surface area contributed by atoms with Gasteiger partial charge in [0.05, 0.1) is 5.56 Å². The fourth-order valence-corrected chi connectivity index (χ4v) is 1.92. The minimum Gasteiger partial charge on any atom is -0.344 e. The Kier molecular flexibility index (Phi) is 5.75. The maximum Gasteiger partial charge on any atom is 0.255 e. The van der Waals surface area contributed by atoms with Crippen LogP contribution in [0.1, 0.15) is 24.2 Å². The molecule has 0 saturated heterocycles. The molecule has 0 aliphatic heterocycles. The molecule has 0 bridgehead atoms. The monoisotopic (exact) mass is 347 g/mol. The summed E-state index contributed by atoms with van der Waals surface area (Å²) in [6.07, 6.45) is 1.50. The zero-order valence-electron chi connectivity index (χ0n) is 10.9. The van der Waals surface area contributed by atoms with E-state index >= 15 is 0 Å². The van der Waals surface area contributed by atoms with E-state index in [1.54, 1.807) is 20.0 Å². The van der Waals surface area contributed by atoms with Crippen molar-refractivity contribution in [2.24, 2.45) is 0 Å². The maximum atomic E-state index is 12.0. The third kappa shape index (κ3) is 4.18. The average Bonchev–Trinajstić information content (AvgIpc) is 2.39. The molecule has 0 radical (unpaired) electrons. The third-order valence-corrected chi connectivity index (χ3v) is 3.35. The summed E-state index contributed by atoms with van der Waals surface area (Å²) in [5.41, 5.74) is 0.231. The van der Waals surface area contributed by atoms with Gasteiger partial charge in [-0.25, -0.2) is 4.98 Å². The van der Waals surface area contributed by atoms with Gasteiger partial charge in [-0.1, -0.05) is 11.6 Å². The first-order valence-electron chi connectivity index (χ1n) is 5.73. The topological polar surface area (TPSA) is 62.3 Å². The number of hydrogen-bond donors (Lipinski definition) is 1. The zero-order chi connectivity index (χ0) is 14.6. The van der Waals surface area contributed by atoms with E-state index in [0.717, 1.165) is 0 Å². The molecule has 2 amide bonds. The molecule has 1 aromatic rings. The van der Waals surface area contributed by atoms with Crippen LogP contribution in [0.2, 0.25) is 5.15 Å². The van der Waals surface area contributed by atoms with Crippen LogP contribution in [-0.4, -0.2) is 41.3 Å². The van der Waals surface area contributed by atoms with Gasteiger partial charge in [0.25, 0.3) is 5.91 Å². The Labute approximate surface area is 125 Å². The van der Waals surface area contributed by atoms with Crippen molar-refractivity contribution in [2.45, 2.75) is 19.9 Å². The predicted molar refractivity (Wildman–Crippen MR) is 77.2 cm³/mol. The molecule has 0 fully saturated rings. The molecule has 1 rings (SSSR count). The van der Waals surface area contributed by atoms with Crippen LogP contribution in [0.3, 0.4) is 0 Å². The number of pyridine rings is 1. The quantitative estimate of drug-likeness (QED) is 0.848. The number of nitrogens with one attached hydrogen (secondary N) is 1. The lowest BCUT2D eigenvalue weighted by Gasteiger charge is -2.20. The van der Waals surface area contributed by atoms with Gasteiger partial charge in [0.1, 0.15) is 11.2 Å². The van der Waals surface area contributed by atoms with E-state index in [9.17, 15) is 9.59 Å². The number of amides is 2. The van der Waals surface area contributed by atoms with Crippen molar-refractivity contribution in [1.82, 2.24) is 15.2 Å². The SMILES string of the molecule is CCN(C)C(=O)C(C)NC(=O)c1cc(Br)cnc1Cl. The molecular formula is C12H15BrClN3O2. The van der Waals surface area contributed by atoms with Gasteiger partial charge in [-0.15, -0.1) is 0 Å². The molecule has 1 atom stereocenters. The Morgan fingerprint density at radius 3 is 2.79 bits per heavy atom. The van der Waals surface area contributed by atoms with Crippen molar-refractivity contribution >= 4 is 39.3 Å². The van der Waals surface area contributed by atoms with Gasteiger partial charge < -0.3 is 10.2 Å². The van der Waals surface area contributed by atoms with Gasteiger partial charge in [0.2, 0.25) is 5.91 Å². The van der Waals surface area contributed by atoms with E-state index < -0.39 is 11.9 Å². The smallest absolute Gasteiger partial charge is 0.255 e. The summed E-state index contributed by atoms with van der Waals surface area (Å²) in [7, 11) is 1.68. The van der Waals surface area contributed by atoms with Crippen molar-refractivity contribution in [3.05, 3.63) is 27.5 Å². The number of carbonyl (C=O) groups excluding carboxylic acids is 2. The second-order valence-corrected chi connectivity index (χ2v) is 5.31. The maximum absolute atomic E-state index is 12.0. The normalized spacial score (nSPS) is 11.8. The van der Waals surface area contributed by atoms with Crippen LogP contribution in [0.25, 0.3) is 0 Å². The largest absolute Gasteiger partial charge is 0.344 e. The molecule has 1 aromatic heterocycles. The number of carbonyl (C=O) groups is 2. The van der Waals surface area contributed by atoms with Crippen molar-refractivity contribution in [3.63, 3.8) is 0 Å². The summed E-state index contributed by atoms with van der Waals surface area (Å²) in [5.74, 6) is -0.584. The predicted octanol–water partition coefficient (Wildman–Crippen LogP) is 2.09. The van der Waals surface area contributed by atoms with E-state index in [0.29, 0.717) is 11.0 Å². The molecule has 0 saturated carbocycles. The fourth-order valence-electron chi connectivity index (χ4n) is 1.40. The zero-order valence-corrected chi connectivity index (χ0v) is 13.2. The lowest BCUT2D eigenvalue weighted by atomic mass is 10.2. The van der Waals surface area contributed by atoms with Crippen LogP contribution >= 0.6 is 27.5 Å².